The van der Waals surface area contributed by atoms with Gasteiger partial charge in [-0.2, -0.15) is 4.72 Å². The molecule has 1 aromatic carbocycles. The predicted octanol–water partition coefficient (Wildman–Crippen LogP) is 2.49. The van der Waals surface area contributed by atoms with E-state index in [1.807, 2.05) is 30.3 Å². The Labute approximate surface area is 137 Å². The van der Waals surface area contributed by atoms with Gasteiger partial charge in [0.1, 0.15) is 10.3 Å². The van der Waals surface area contributed by atoms with E-state index in [2.05, 4.69) is 4.72 Å². The first-order valence-corrected chi connectivity index (χ1v) is 9.29. The SMILES string of the molecule is O=C1[C@@H](NS(=O)(=O)c2ccc(Cl)s2)CCN1c1ccccc1. The van der Waals surface area contributed by atoms with Gasteiger partial charge in [0.05, 0.1) is 4.34 Å². The van der Waals surface area contributed by atoms with E-state index in [4.69, 9.17) is 11.6 Å². The summed E-state index contributed by atoms with van der Waals surface area (Å²) in [6, 6.07) is 11.4. The number of rotatable bonds is 4. The lowest BCUT2D eigenvalue weighted by Gasteiger charge is -2.17. The summed E-state index contributed by atoms with van der Waals surface area (Å²) >= 11 is 6.73. The molecule has 116 valence electrons. The molecule has 2 aromatic rings. The van der Waals surface area contributed by atoms with Crippen LogP contribution < -0.4 is 9.62 Å². The number of sulfonamides is 1. The number of hydrogen-bond donors (Lipinski definition) is 1. The lowest BCUT2D eigenvalue weighted by Crippen LogP contribution is -2.41. The van der Waals surface area contributed by atoms with Crippen molar-refractivity contribution in [3.8, 4) is 0 Å². The molecule has 0 spiro atoms. The molecule has 1 aliphatic rings. The van der Waals surface area contributed by atoms with Gasteiger partial charge in [-0.1, -0.05) is 29.8 Å². The lowest BCUT2D eigenvalue weighted by molar-refractivity contribution is -0.118. The number of nitrogens with zero attached hydrogens (tertiary/aromatic N) is 1. The van der Waals surface area contributed by atoms with E-state index in [0.717, 1.165) is 17.0 Å². The Hall–Kier alpha value is -1.41. The minimum atomic E-state index is -3.72. The summed E-state index contributed by atoms with van der Waals surface area (Å²) in [4.78, 5) is 14.0. The summed E-state index contributed by atoms with van der Waals surface area (Å²) in [6.45, 7) is 0.487. The fraction of sp³-hybridized carbons (Fsp3) is 0.214. The number of thiophene rings is 1. The van der Waals surface area contributed by atoms with Crippen molar-refractivity contribution in [3.63, 3.8) is 0 Å². The van der Waals surface area contributed by atoms with Crippen LogP contribution in [0.2, 0.25) is 4.34 Å². The van der Waals surface area contributed by atoms with Crippen molar-refractivity contribution >= 4 is 44.6 Å². The van der Waals surface area contributed by atoms with E-state index >= 15 is 0 Å². The van der Waals surface area contributed by atoms with E-state index in [1.165, 1.54) is 12.1 Å². The molecule has 5 nitrogen and oxygen atoms in total. The molecule has 0 aliphatic carbocycles. The third kappa shape index (κ3) is 3.03. The number of carbonyl (C=O) groups excluding carboxylic acids is 1. The largest absolute Gasteiger partial charge is 0.311 e. The van der Waals surface area contributed by atoms with Crippen molar-refractivity contribution in [3.05, 3.63) is 46.8 Å². The first kappa shape index (κ1) is 15.5. The first-order valence-electron chi connectivity index (χ1n) is 6.61. The maximum absolute atomic E-state index is 12.4. The van der Waals surface area contributed by atoms with Gasteiger partial charge in [-0.15, -0.1) is 11.3 Å². The molecule has 22 heavy (non-hydrogen) atoms. The maximum atomic E-state index is 12.4. The van der Waals surface area contributed by atoms with Crippen LogP contribution in [0, 0.1) is 0 Å². The van der Waals surface area contributed by atoms with Crippen LogP contribution >= 0.6 is 22.9 Å². The third-order valence-corrected chi connectivity index (χ3v) is 6.58. The minimum Gasteiger partial charge on any atom is -0.311 e. The number of halogens is 1. The zero-order chi connectivity index (χ0) is 15.7. The fourth-order valence-corrected chi connectivity index (χ4v) is 5.06. The molecule has 0 unspecified atom stereocenters. The van der Waals surface area contributed by atoms with Crippen LogP contribution in [-0.2, 0) is 14.8 Å². The molecule has 0 saturated carbocycles. The monoisotopic (exact) mass is 356 g/mol. The number of anilines is 1. The Morgan fingerprint density at radius 1 is 1.18 bits per heavy atom. The van der Waals surface area contributed by atoms with Gasteiger partial charge in [0.2, 0.25) is 5.91 Å². The van der Waals surface area contributed by atoms with Gasteiger partial charge in [-0.25, -0.2) is 8.42 Å². The molecule has 2 heterocycles. The van der Waals surface area contributed by atoms with E-state index in [0.29, 0.717) is 17.3 Å². The van der Waals surface area contributed by atoms with E-state index in [-0.39, 0.29) is 10.1 Å². The van der Waals surface area contributed by atoms with Crippen LogP contribution in [0.15, 0.2) is 46.7 Å². The summed E-state index contributed by atoms with van der Waals surface area (Å²) in [5.41, 5.74) is 0.772. The first-order chi connectivity index (χ1) is 10.5. The highest BCUT2D eigenvalue weighted by molar-refractivity contribution is 7.91. The second kappa shape index (κ2) is 6.00. The highest BCUT2D eigenvalue weighted by Crippen LogP contribution is 2.27. The highest BCUT2D eigenvalue weighted by Gasteiger charge is 2.35. The summed E-state index contributed by atoms with van der Waals surface area (Å²) in [5.74, 6) is -0.238. The molecule has 1 atom stereocenters. The van der Waals surface area contributed by atoms with Crippen molar-refractivity contribution < 1.29 is 13.2 Å². The molecule has 1 amide bonds. The Kier molecular flexibility index (Phi) is 4.22. The van der Waals surface area contributed by atoms with Gasteiger partial charge in [0, 0.05) is 12.2 Å². The third-order valence-electron chi connectivity index (χ3n) is 3.38. The van der Waals surface area contributed by atoms with E-state index in [1.54, 1.807) is 4.90 Å². The normalized spacial score (nSPS) is 18.9. The topological polar surface area (TPSA) is 66.5 Å². The zero-order valence-corrected chi connectivity index (χ0v) is 13.8. The molecular weight excluding hydrogens is 344 g/mol. The van der Waals surface area contributed by atoms with Crippen molar-refractivity contribution in [1.82, 2.24) is 4.72 Å². The summed E-state index contributed by atoms with van der Waals surface area (Å²) < 4.78 is 27.5. The van der Waals surface area contributed by atoms with Crippen LogP contribution in [0.1, 0.15) is 6.42 Å². The van der Waals surface area contributed by atoms with Crippen molar-refractivity contribution in [2.45, 2.75) is 16.7 Å². The zero-order valence-electron chi connectivity index (χ0n) is 11.4. The maximum Gasteiger partial charge on any atom is 0.250 e. The molecule has 0 bridgehead atoms. The summed E-state index contributed by atoms with van der Waals surface area (Å²) in [7, 11) is -3.72. The van der Waals surface area contributed by atoms with E-state index in [9.17, 15) is 13.2 Å². The quantitative estimate of drug-likeness (QED) is 0.915. The number of nitrogens with one attached hydrogen (secondary N) is 1. The van der Waals surface area contributed by atoms with Crippen LogP contribution in [0.4, 0.5) is 5.69 Å². The summed E-state index contributed by atoms with van der Waals surface area (Å²) in [6.07, 6.45) is 0.437. The number of hydrogen-bond acceptors (Lipinski definition) is 4. The standard InChI is InChI=1S/C14H13ClN2O3S2/c15-12-6-7-13(21-12)22(19,20)16-11-8-9-17(14(11)18)10-4-2-1-3-5-10/h1-7,11,16H,8-9H2/t11-/m0/s1. The molecule has 0 radical (unpaired) electrons. The number of para-hydroxylation sites is 1. The van der Waals surface area contributed by atoms with Crippen LogP contribution in [0.25, 0.3) is 0 Å². The smallest absolute Gasteiger partial charge is 0.250 e. The van der Waals surface area contributed by atoms with Gasteiger partial charge in [0.15, 0.2) is 0 Å². The Balaban J connectivity index is 1.76. The van der Waals surface area contributed by atoms with Gasteiger partial charge < -0.3 is 4.90 Å². The number of amides is 1. The second-order valence-corrected chi connectivity index (χ2v) is 8.50. The minimum absolute atomic E-state index is 0.114. The van der Waals surface area contributed by atoms with Crippen molar-refractivity contribution in [1.29, 1.82) is 0 Å². The van der Waals surface area contributed by atoms with Crippen LogP contribution in [-0.4, -0.2) is 26.9 Å². The second-order valence-electron chi connectivity index (χ2n) is 4.85. The summed E-state index contributed by atoms with van der Waals surface area (Å²) in [5, 5.41) is 0. The molecular formula is C14H13ClN2O3S2. The highest BCUT2D eigenvalue weighted by atomic mass is 35.5. The molecule has 3 rings (SSSR count). The van der Waals surface area contributed by atoms with E-state index < -0.39 is 16.1 Å². The number of benzene rings is 1. The van der Waals surface area contributed by atoms with Gasteiger partial charge >= 0.3 is 0 Å². The van der Waals surface area contributed by atoms with Crippen LogP contribution in [0.3, 0.4) is 0 Å². The van der Waals surface area contributed by atoms with Crippen molar-refractivity contribution in [2.75, 3.05) is 11.4 Å². The Morgan fingerprint density at radius 2 is 1.91 bits per heavy atom. The fourth-order valence-electron chi connectivity index (χ4n) is 2.34. The van der Waals surface area contributed by atoms with Crippen molar-refractivity contribution in [2.24, 2.45) is 0 Å². The Morgan fingerprint density at radius 3 is 2.55 bits per heavy atom. The van der Waals surface area contributed by atoms with Gasteiger partial charge in [-0.3, -0.25) is 4.79 Å². The molecule has 1 saturated heterocycles. The molecule has 1 aromatic heterocycles. The van der Waals surface area contributed by atoms with Gasteiger partial charge in [0.25, 0.3) is 10.0 Å². The lowest BCUT2D eigenvalue weighted by atomic mass is 10.3. The number of carbonyl (C=O) groups is 1. The predicted molar refractivity (Wildman–Crippen MR) is 86.9 cm³/mol. The Bertz CT molecular complexity index is 789. The van der Waals surface area contributed by atoms with Crippen LogP contribution in [0.5, 0.6) is 0 Å². The molecule has 8 heteroatoms. The molecule has 1 fully saturated rings. The average Bonchev–Trinajstić information content (AvgIpc) is 3.08. The van der Waals surface area contributed by atoms with Gasteiger partial charge in [-0.05, 0) is 30.7 Å². The average molecular weight is 357 g/mol. The molecule has 1 aliphatic heterocycles. The molecule has 1 N–H and O–H groups in total.